The van der Waals surface area contributed by atoms with Crippen LogP contribution in [0.5, 0.6) is 0 Å². The molecule has 2 aromatic carbocycles. The lowest BCUT2D eigenvalue weighted by Crippen LogP contribution is -2.50. The second kappa shape index (κ2) is 5.83. The predicted octanol–water partition coefficient (Wildman–Crippen LogP) is 3.23. The number of hydrogen-bond donors (Lipinski definition) is 0. The zero-order valence-electron chi connectivity index (χ0n) is 13.0. The minimum absolute atomic E-state index is 0.00623. The van der Waals surface area contributed by atoms with Crippen molar-refractivity contribution in [2.45, 2.75) is 19.9 Å². The Bertz CT molecular complexity index is 756. The number of carbonyl (C=O) groups excluding carboxylic acids is 2. The van der Waals surface area contributed by atoms with E-state index in [-0.39, 0.29) is 24.4 Å². The van der Waals surface area contributed by atoms with Crippen LogP contribution in [0.25, 0.3) is 0 Å². The van der Waals surface area contributed by atoms with Gasteiger partial charge in [0.15, 0.2) is 0 Å². The summed E-state index contributed by atoms with van der Waals surface area (Å²) in [5, 5.41) is 0. The molecule has 0 saturated heterocycles. The molecule has 118 valence electrons. The normalized spacial score (nSPS) is 14.2. The van der Waals surface area contributed by atoms with Crippen molar-refractivity contribution in [1.29, 1.82) is 0 Å². The van der Waals surface area contributed by atoms with Crippen LogP contribution in [-0.2, 0) is 4.79 Å². The first-order valence-corrected chi connectivity index (χ1v) is 7.47. The third kappa shape index (κ3) is 2.70. The first-order valence-electron chi connectivity index (χ1n) is 7.47. The first-order chi connectivity index (χ1) is 11.0. The van der Waals surface area contributed by atoms with Gasteiger partial charge in [0.1, 0.15) is 12.4 Å². The number of nitrogens with zero attached hydrogens (tertiary/aromatic N) is 2. The van der Waals surface area contributed by atoms with Gasteiger partial charge in [-0.15, -0.1) is 0 Å². The number of hydrogen-bond acceptors (Lipinski definition) is 2. The summed E-state index contributed by atoms with van der Waals surface area (Å²) in [6.07, 6.45) is 0. The number of benzene rings is 2. The highest BCUT2D eigenvalue weighted by molar-refractivity contribution is 6.16. The van der Waals surface area contributed by atoms with Crippen LogP contribution in [0.3, 0.4) is 0 Å². The topological polar surface area (TPSA) is 40.6 Å². The molecule has 0 radical (unpaired) electrons. The quantitative estimate of drug-likeness (QED) is 0.854. The summed E-state index contributed by atoms with van der Waals surface area (Å²) in [5.41, 5.74) is 1.76. The van der Waals surface area contributed by atoms with E-state index in [9.17, 15) is 14.0 Å². The second-order valence-electron chi connectivity index (χ2n) is 5.74. The Morgan fingerprint density at radius 2 is 1.65 bits per heavy atom. The van der Waals surface area contributed by atoms with Crippen molar-refractivity contribution in [2.24, 2.45) is 0 Å². The highest BCUT2D eigenvalue weighted by Crippen LogP contribution is 2.35. The van der Waals surface area contributed by atoms with Crippen molar-refractivity contribution in [3.05, 3.63) is 59.9 Å². The smallest absolute Gasteiger partial charge is 0.258 e. The highest BCUT2D eigenvalue weighted by atomic mass is 19.1. The van der Waals surface area contributed by atoms with Crippen molar-refractivity contribution in [1.82, 2.24) is 0 Å². The predicted molar refractivity (Wildman–Crippen MR) is 87.1 cm³/mol. The molecule has 0 N–H and O–H groups in total. The molecule has 3 rings (SSSR count). The molecule has 0 atom stereocenters. The maximum atomic E-state index is 13.0. The van der Waals surface area contributed by atoms with E-state index in [1.165, 1.54) is 29.2 Å². The molecule has 2 aromatic rings. The van der Waals surface area contributed by atoms with Crippen molar-refractivity contribution in [2.75, 3.05) is 16.3 Å². The zero-order chi connectivity index (χ0) is 16.6. The van der Waals surface area contributed by atoms with E-state index in [1.807, 2.05) is 38.1 Å². The van der Waals surface area contributed by atoms with Crippen LogP contribution in [0, 0.1) is 5.82 Å². The summed E-state index contributed by atoms with van der Waals surface area (Å²) in [4.78, 5) is 28.3. The number of halogens is 1. The largest absolute Gasteiger partial charge is 0.306 e. The van der Waals surface area contributed by atoms with Crippen LogP contribution in [0.1, 0.15) is 24.2 Å². The van der Waals surface area contributed by atoms with Crippen LogP contribution >= 0.6 is 0 Å². The second-order valence-corrected chi connectivity index (χ2v) is 5.74. The highest BCUT2D eigenvalue weighted by Gasteiger charge is 2.33. The SMILES string of the molecule is CC(C)N1C(=O)CN(C(=O)c2ccc(F)cc2)c2ccccc21. The molecule has 0 saturated carbocycles. The third-order valence-corrected chi connectivity index (χ3v) is 3.85. The molecule has 0 unspecified atom stereocenters. The van der Waals surface area contributed by atoms with E-state index in [2.05, 4.69) is 0 Å². The number of amides is 2. The fourth-order valence-electron chi connectivity index (χ4n) is 2.82. The molecule has 0 spiro atoms. The number of para-hydroxylation sites is 2. The summed E-state index contributed by atoms with van der Waals surface area (Å²) < 4.78 is 13.0. The molecule has 23 heavy (non-hydrogen) atoms. The van der Waals surface area contributed by atoms with Crippen molar-refractivity contribution in [3.63, 3.8) is 0 Å². The Balaban J connectivity index is 2.03. The van der Waals surface area contributed by atoms with Crippen LogP contribution in [0.2, 0.25) is 0 Å². The minimum Gasteiger partial charge on any atom is -0.306 e. The molecule has 0 aliphatic carbocycles. The van der Waals surface area contributed by atoms with E-state index in [4.69, 9.17) is 0 Å². The fraction of sp³-hybridized carbons (Fsp3) is 0.222. The summed E-state index contributed by atoms with van der Waals surface area (Å²) in [7, 11) is 0. The Kier molecular flexibility index (Phi) is 3.86. The molecular weight excluding hydrogens is 295 g/mol. The number of anilines is 2. The lowest BCUT2D eigenvalue weighted by Gasteiger charge is -2.38. The fourth-order valence-corrected chi connectivity index (χ4v) is 2.82. The van der Waals surface area contributed by atoms with Gasteiger partial charge in [-0.05, 0) is 50.2 Å². The molecule has 0 fully saturated rings. The molecule has 4 nitrogen and oxygen atoms in total. The maximum Gasteiger partial charge on any atom is 0.258 e. The van der Waals surface area contributed by atoms with Gasteiger partial charge in [-0.2, -0.15) is 0 Å². The van der Waals surface area contributed by atoms with Crippen LogP contribution in [-0.4, -0.2) is 24.4 Å². The summed E-state index contributed by atoms with van der Waals surface area (Å²) in [5.74, 6) is -0.842. The summed E-state index contributed by atoms with van der Waals surface area (Å²) >= 11 is 0. The maximum absolute atomic E-state index is 13.0. The zero-order valence-corrected chi connectivity index (χ0v) is 13.0. The molecule has 1 heterocycles. The van der Waals surface area contributed by atoms with Gasteiger partial charge >= 0.3 is 0 Å². The molecule has 2 amide bonds. The molecule has 1 aliphatic heterocycles. The van der Waals surface area contributed by atoms with Gasteiger partial charge in [0, 0.05) is 11.6 Å². The van der Waals surface area contributed by atoms with Gasteiger partial charge in [0.2, 0.25) is 5.91 Å². The van der Waals surface area contributed by atoms with Crippen LogP contribution < -0.4 is 9.80 Å². The van der Waals surface area contributed by atoms with Crippen LogP contribution in [0.4, 0.5) is 15.8 Å². The van der Waals surface area contributed by atoms with Crippen molar-refractivity contribution >= 4 is 23.2 Å². The Morgan fingerprint density at radius 1 is 1.04 bits per heavy atom. The van der Waals surface area contributed by atoms with E-state index >= 15 is 0 Å². The standard InChI is InChI=1S/C18H17FN2O2/c1-12(2)21-16-6-4-3-5-15(16)20(11-17(21)22)18(23)13-7-9-14(19)10-8-13/h3-10,12H,11H2,1-2H3. The van der Waals surface area contributed by atoms with E-state index in [1.54, 1.807) is 4.90 Å². The van der Waals surface area contributed by atoms with Gasteiger partial charge in [0.25, 0.3) is 5.91 Å². The lowest BCUT2D eigenvalue weighted by molar-refractivity contribution is -0.117. The number of carbonyl (C=O) groups is 2. The Morgan fingerprint density at radius 3 is 2.26 bits per heavy atom. The van der Waals surface area contributed by atoms with E-state index < -0.39 is 5.82 Å². The van der Waals surface area contributed by atoms with Crippen molar-refractivity contribution in [3.8, 4) is 0 Å². The first kappa shape index (κ1) is 15.2. The monoisotopic (exact) mass is 312 g/mol. The van der Waals surface area contributed by atoms with Gasteiger partial charge in [-0.1, -0.05) is 12.1 Å². The van der Waals surface area contributed by atoms with Crippen LogP contribution in [0.15, 0.2) is 48.5 Å². The molecule has 0 bridgehead atoms. The van der Waals surface area contributed by atoms with Gasteiger partial charge in [0.05, 0.1) is 11.4 Å². The molecular formula is C18H17FN2O2. The van der Waals surface area contributed by atoms with E-state index in [0.29, 0.717) is 16.9 Å². The van der Waals surface area contributed by atoms with Crippen molar-refractivity contribution < 1.29 is 14.0 Å². The Labute approximate surface area is 134 Å². The summed E-state index contributed by atoms with van der Waals surface area (Å²) in [6, 6.07) is 12.7. The average Bonchev–Trinajstić information content (AvgIpc) is 2.53. The van der Waals surface area contributed by atoms with Gasteiger partial charge in [-0.25, -0.2) is 4.39 Å². The molecule has 1 aliphatic rings. The number of fused-ring (bicyclic) bond motifs is 1. The van der Waals surface area contributed by atoms with E-state index in [0.717, 1.165) is 0 Å². The Hall–Kier alpha value is -2.69. The third-order valence-electron chi connectivity index (χ3n) is 3.85. The molecule has 5 heteroatoms. The van der Waals surface area contributed by atoms with Gasteiger partial charge < -0.3 is 4.90 Å². The van der Waals surface area contributed by atoms with Gasteiger partial charge in [-0.3, -0.25) is 14.5 Å². The molecule has 0 aromatic heterocycles. The minimum atomic E-state index is -0.400. The summed E-state index contributed by atoms with van der Waals surface area (Å²) in [6.45, 7) is 3.85. The lowest BCUT2D eigenvalue weighted by atomic mass is 10.1. The number of rotatable bonds is 2. The average molecular weight is 312 g/mol.